The van der Waals surface area contributed by atoms with Gasteiger partial charge in [-0.1, -0.05) is 12.2 Å². The Kier molecular flexibility index (Phi) is 8.49. The SMILES string of the molecule is C1=Cc2cnccc2C1.O=c1ncn(Cc2c(F)cc(F)cc2F)c2ccc(Oc3ncc(CCl)cc3C(F)(F)F)cc12. The van der Waals surface area contributed by atoms with Crippen molar-refractivity contribution in [2.24, 2.45) is 0 Å². The van der Waals surface area contributed by atoms with E-state index >= 15 is 0 Å². The van der Waals surface area contributed by atoms with Crippen molar-refractivity contribution in [3.05, 3.63) is 129 Å². The van der Waals surface area contributed by atoms with E-state index in [4.69, 9.17) is 16.3 Å². The van der Waals surface area contributed by atoms with Gasteiger partial charge in [-0.15, -0.1) is 11.6 Å². The van der Waals surface area contributed by atoms with Crippen LogP contribution in [-0.2, 0) is 25.0 Å². The number of allylic oxidation sites excluding steroid dienone is 1. The Hall–Kier alpha value is -4.71. The fourth-order valence-corrected chi connectivity index (χ4v) is 4.47. The summed E-state index contributed by atoms with van der Waals surface area (Å²) in [7, 11) is 0. The van der Waals surface area contributed by atoms with Gasteiger partial charge < -0.3 is 9.30 Å². The number of halogens is 7. The van der Waals surface area contributed by atoms with E-state index in [0.717, 1.165) is 31.1 Å². The van der Waals surface area contributed by atoms with E-state index in [9.17, 15) is 31.1 Å². The van der Waals surface area contributed by atoms with E-state index in [-0.39, 0.29) is 28.1 Å². The van der Waals surface area contributed by atoms with Crippen LogP contribution in [0, 0.1) is 17.5 Å². The summed E-state index contributed by atoms with van der Waals surface area (Å²) in [6, 6.07) is 7.61. The first-order valence-corrected chi connectivity index (χ1v) is 13.1. The topological polar surface area (TPSA) is 69.9 Å². The molecule has 1 aliphatic carbocycles. The van der Waals surface area contributed by atoms with Crippen molar-refractivity contribution >= 4 is 28.6 Å². The number of pyridine rings is 2. The molecule has 43 heavy (non-hydrogen) atoms. The molecule has 0 spiro atoms. The Bertz CT molecular complexity index is 1890. The number of hydrogen-bond acceptors (Lipinski definition) is 5. The zero-order valence-electron chi connectivity index (χ0n) is 21.9. The molecule has 1 aliphatic rings. The van der Waals surface area contributed by atoms with E-state index < -0.39 is 52.7 Å². The lowest BCUT2D eigenvalue weighted by atomic mass is 10.1. The summed E-state index contributed by atoms with van der Waals surface area (Å²) in [5.74, 6) is -4.44. The average Bonchev–Trinajstić information content (AvgIpc) is 3.45. The van der Waals surface area contributed by atoms with Crippen LogP contribution in [0.1, 0.15) is 27.8 Å². The fourth-order valence-electron chi connectivity index (χ4n) is 4.32. The molecule has 3 aromatic heterocycles. The third kappa shape index (κ3) is 6.69. The second-order valence-corrected chi connectivity index (χ2v) is 9.58. The van der Waals surface area contributed by atoms with Crippen LogP contribution in [-0.4, -0.2) is 19.5 Å². The number of aromatic nitrogens is 4. The van der Waals surface area contributed by atoms with Crippen molar-refractivity contribution in [3.63, 3.8) is 0 Å². The lowest BCUT2D eigenvalue weighted by Gasteiger charge is -2.15. The van der Waals surface area contributed by atoms with Crippen molar-refractivity contribution in [1.29, 1.82) is 0 Å². The van der Waals surface area contributed by atoms with Crippen LogP contribution in [0.4, 0.5) is 26.3 Å². The van der Waals surface area contributed by atoms with Crippen LogP contribution in [0.15, 0.2) is 78.3 Å². The lowest BCUT2D eigenvalue weighted by Crippen LogP contribution is -2.14. The summed E-state index contributed by atoms with van der Waals surface area (Å²) in [6.07, 6.45) is 6.48. The smallest absolute Gasteiger partial charge is 0.421 e. The number of rotatable bonds is 5. The third-order valence-corrected chi connectivity index (χ3v) is 6.73. The van der Waals surface area contributed by atoms with E-state index in [2.05, 4.69) is 33.2 Å². The van der Waals surface area contributed by atoms with Gasteiger partial charge in [-0.2, -0.15) is 18.2 Å². The van der Waals surface area contributed by atoms with Crippen LogP contribution in [0.25, 0.3) is 17.0 Å². The largest absolute Gasteiger partial charge is 0.438 e. The highest BCUT2D eigenvalue weighted by atomic mass is 35.5. The molecule has 220 valence electrons. The quantitative estimate of drug-likeness (QED) is 0.151. The number of fused-ring (bicyclic) bond motifs is 2. The Balaban J connectivity index is 0.000000345. The molecule has 0 fully saturated rings. The Morgan fingerprint density at radius 1 is 0.977 bits per heavy atom. The molecule has 0 saturated heterocycles. The van der Waals surface area contributed by atoms with Crippen molar-refractivity contribution in [3.8, 4) is 11.6 Å². The first-order valence-electron chi connectivity index (χ1n) is 12.6. The third-order valence-electron chi connectivity index (χ3n) is 6.42. The second kappa shape index (κ2) is 12.3. The molecule has 5 aromatic rings. The molecule has 0 radical (unpaired) electrons. The summed E-state index contributed by atoms with van der Waals surface area (Å²) in [4.78, 5) is 23.6. The highest BCUT2D eigenvalue weighted by Gasteiger charge is 2.36. The number of hydrogen-bond donors (Lipinski definition) is 0. The van der Waals surface area contributed by atoms with E-state index in [1.165, 1.54) is 27.8 Å². The van der Waals surface area contributed by atoms with Gasteiger partial charge >= 0.3 is 6.18 Å². The van der Waals surface area contributed by atoms with Gasteiger partial charge in [0.2, 0.25) is 5.88 Å². The van der Waals surface area contributed by atoms with E-state index in [1.54, 1.807) is 0 Å². The van der Waals surface area contributed by atoms with Gasteiger partial charge in [0.15, 0.2) is 0 Å². The number of alkyl halides is 4. The predicted octanol–water partition coefficient (Wildman–Crippen LogP) is 7.46. The van der Waals surface area contributed by atoms with Crippen molar-refractivity contribution < 1.29 is 31.1 Å². The molecule has 6 rings (SSSR count). The molecular formula is C30H19ClF6N4O2. The van der Waals surface area contributed by atoms with Crippen LogP contribution in [0.3, 0.4) is 0 Å². The van der Waals surface area contributed by atoms with Crippen LogP contribution in [0.5, 0.6) is 11.6 Å². The van der Waals surface area contributed by atoms with Gasteiger partial charge in [0, 0.05) is 42.2 Å². The van der Waals surface area contributed by atoms with Gasteiger partial charge in [0.1, 0.15) is 28.8 Å². The number of benzene rings is 2. The van der Waals surface area contributed by atoms with Gasteiger partial charge in [-0.3, -0.25) is 9.78 Å². The fraction of sp³-hybridized carbons (Fsp3) is 0.133. The zero-order valence-corrected chi connectivity index (χ0v) is 22.6. The molecule has 0 atom stereocenters. The number of ether oxygens (including phenoxy) is 1. The van der Waals surface area contributed by atoms with Crippen LogP contribution in [0.2, 0.25) is 0 Å². The molecule has 6 nitrogen and oxygen atoms in total. The Morgan fingerprint density at radius 3 is 2.44 bits per heavy atom. The monoisotopic (exact) mass is 616 g/mol. The minimum atomic E-state index is -4.78. The maximum Gasteiger partial charge on any atom is 0.421 e. The molecule has 0 aliphatic heterocycles. The minimum absolute atomic E-state index is 0.0890. The van der Waals surface area contributed by atoms with Crippen LogP contribution < -0.4 is 10.3 Å². The predicted molar refractivity (Wildman–Crippen MR) is 147 cm³/mol. The highest BCUT2D eigenvalue weighted by Crippen LogP contribution is 2.38. The Labute approximate surface area is 244 Å². The molecule has 0 unspecified atom stereocenters. The standard InChI is InChI=1S/C22H12ClF6N3O2.C8H7N/c23-7-11-3-16(22(27,28)29)21(30-8-11)34-13-1-2-19-14(6-13)20(33)31-10-32(19)9-15-17(25)4-12(24)5-18(15)26;1-2-7-4-5-9-6-8(7)3-1/h1-6,8,10H,7,9H2;1,3-6H,2H2. The summed E-state index contributed by atoms with van der Waals surface area (Å²) in [5, 5.41) is -0.0890. The zero-order chi connectivity index (χ0) is 30.7. The average molecular weight is 617 g/mol. The first kappa shape index (κ1) is 29.8. The second-order valence-electron chi connectivity index (χ2n) is 9.32. The van der Waals surface area contributed by atoms with Crippen molar-refractivity contribution in [2.75, 3.05) is 0 Å². The van der Waals surface area contributed by atoms with Gasteiger partial charge in [-0.25, -0.2) is 18.2 Å². The molecule has 0 amide bonds. The molecule has 3 heterocycles. The molecule has 0 saturated carbocycles. The normalized spacial score (nSPS) is 12.2. The summed E-state index contributed by atoms with van der Waals surface area (Å²) in [5.41, 5.74) is 0.591. The summed E-state index contributed by atoms with van der Waals surface area (Å²) >= 11 is 5.59. The maximum atomic E-state index is 14.1. The van der Waals surface area contributed by atoms with Gasteiger partial charge in [0.25, 0.3) is 5.56 Å². The molecule has 0 bridgehead atoms. The lowest BCUT2D eigenvalue weighted by molar-refractivity contribution is -0.138. The first-order chi connectivity index (χ1) is 20.5. The highest BCUT2D eigenvalue weighted by molar-refractivity contribution is 6.17. The molecule has 0 N–H and O–H groups in total. The molecular weight excluding hydrogens is 598 g/mol. The number of nitrogens with zero attached hydrogens (tertiary/aromatic N) is 4. The van der Waals surface area contributed by atoms with E-state index in [0.29, 0.717) is 12.1 Å². The van der Waals surface area contributed by atoms with Crippen molar-refractivity contribution in [1.82, 2.24) is 19.5 Å². The maximum absolute atomic E-state index is 14.1. The van der Waals surface area contributed by atoms with E-state index in [1.807, 2.05) is 12.4 Å². The molecule has 13 heteroatoms. The van der Waals surface area contributed by atoms with Crippen LogP contribution >= 0.6 is 11.6 Å². The van der Waals surface area contributed by atoms with Gasteiger partial charge in [-0.05, 0) is 53.4 Å². The van der Waals surface area contributed by atoms with Gasteiger partial charge in [0.05, 0.1) is 23.8 Å². The summed E-state index contributed by atoms with van der Waals surface area (Å²) < 4.78 is 88.1. The van der Waals surface area contributed by atoms with Crippen molar-refractivity contribution in [2.45, 2.75) is 25.0 Å². The summed E-state index contributed by atoms with van der Waals surface area (Å²) in [6.45, 7) is -0.429. The molecule has 2 aromatic carbocycles. The minimum Gasteiger partial charge on any atom is -0.438 e. The Morgan fingerprint density at radius 2 is 1.74 bits per heavy atom.